The van der Waals surface area contributed by atoms with Gasteiger partial charge in [0.05, 0.1) is 0 Å². The lowest BCUT2D eigenvalue weighted by Crippen LogP contribution is -2.40. The average molecular weight is 287 g/mol. The van der Waals surface area contributed by atoms with E-state index in [-0.39, 0.29) is 5.82 Å². The van der Waals surface area contributed by atoms with Gasteiger partial charge in [0.1, 0.15) is 0 Å². The Morgan fingerprint density at radius 1 is 1.50 bits per heavy atom. The van der Waals surface area contributed by atoms with Crippen LogP contribution in [0, 0.1) is 5.82 Å². The quantitative estimate of drug-likeness (QED) is 0.792. The largest absolute Gasteiger partial charge is 0.351 e. The highest BCUT2D eigenvalue weighted by molar-refractivity contribution is 9.09. The third-order valence-electron chi connectivity index (χ3n) is 3.08. The molecule has 2 heterocycles. The maximum Gasteiger partial charge on any atom is 0.165 e. The summed E-state index contributed by atoms with van der Waals surface area (Å²) in [7, 11) is 0. The number of hydrogen-bond acceptors (Lipinski definition) is 2. The summed E-state index contributed by atoms with van der Waals surface area (Å²) in [6.45, 7) is 0.922. The Kier molecular flexibility index (Phi) is 4.16. The van der Waals surface area contributed by atoms with Crippen LogP contribution in [0.15, 0.2) is 18.3 Å². The molecule has 1 aromatic rings. The highest BCUT2D eigenvalue weighted by Gasteiger charge is 2.24. The maximum absolute atomic E-state index is 13.7. The van der Waals surface area contributed by atoms with Gasteiger partial charge in [-0.15, -0.1) is 0 Å². The molecule has 0 N–H and O–H groups in total. The van der Waals surface area contributed by atoms with Crippen LogP contribution in [0.25, 0.3) is 0 Å². The molecular formula is C12H16BrFN2. The van der Waals surface area contributed by atoms with Crippen LogP contribution >= 0.6 is 15.9 Å². The summed E-state index contributed by atoms with van der Waals surface area (Å²) in [6.07, 6.45) is 6.23. The lowest BCUT2D eigenvalue weighted by molar-refractivity contribution is 0.441. The third-order valence-corrected chi connectivity index (χ3v) is 3.54. The molecule has 0 aliphatic carbocycles. The van der Waals surface area contributed by atoms with Crippen molar-refractivity contribution >= 4 is 21.7 Å². The molecule has 0 spiro atoms. The summed E-state index contributed by atoms with van der Waals surface area (Å²) in [6, 6.07) is 3.56. The molecule has 4 heteroatoms. The summed E-state index contributed by atoms with van der Waals surface area (Å²) in [5.41, 5.74) is 0. The molecule has 1 aliphatic heterocycles. The van der Waals surface area contributed by atoms with E-state index in [0.717, 1.165) is 31.1 Å². The van der Waals surface area contributed by atoms with Gasteiger partial charge in [0.2, 0.25) is 0 Å². The van der Waals surface area contributed by atoms with Gasteiger partial charge in [-0.3, -0.25) is 0 Å². The summed E-state index contributed by atoms with van der Waals surface area (Å²) in [5.74, 6) is 0.317. The van der Waals surface area contributed by atoms with Gasteiger partial charge in [0.15, 0.2) is 11.6 Å². The Balaban J connectivity index is 2.19. The van der Waals surface area contributed by atoms with E-state index in [0.29, 0.717) is 11.9 Å². The SMILES string of the molecule is Fc1cccnc1N1CCCCC1CCBr. The monoisotopic (exact) mass is 286 g/mol. The smallest absolute Gasteiger partial charge is 0.165 e. The normalized spacial score (nSPS) is 21.1. The van der Waals surface area contributed by atoms with Crippen molar-refractivity contribution in [1.82, 2.24) is 4.98 Å². The van der Waals surface area contributed by atoms with Crippen molar-refractivity contribution < 1.29 is 4.39 Å². The van der Waals surface area contributed by atoms with E-state index < -0.39 is 0 Å². The molecule has 1 aliphatic rings. The van der Waals surface area contributed by atoms with Crippen molar-refractivity contribution in [3.05, 3.63) is 24.1 Å². The van der Waals surface area contributed by atoms with Crippen molar-refractivity contribution in [3.63, 3.8) is 0 Å². The van der Waals surface area contributed by atoms with E-state index in [2.05, 4.69) is 25.8 Å². The molecule has 1 fully saturated rings. The summed E-state index contributed by atoms with van der Waals surface area (Å²) in [4.78, 5) is 6.30. The van der Waals surface area contributed by atoms with E-state index >= 15 is 0 Å². The minimum absolute atomic E-state index is 0.205. The molecule has 1 atom stereocenters. The third kappa shape index (κ3) is 2.54. The second kappa shape index (κ2) is 5.62. The van der Waals surface area contributed by atoms with Crippen LogP contribution in [0.5, 0.6) is 0 Å². The zero-order valence-electron chi connectivity index (χ0n) is 9.20. The van der Waals surface area contributed by atoms with E-state index in [1.807, 2.05) is 0 Å². The molecule has 0 bridgehead atoms. The van der Waals surface area contributed by atoms with Crippen LogP contribution in [-0.2, 0) is 0 Å². The van der Waals surface area contributed by atoms with Gasteiger partial charge in [-0.05, 0) is 37.8 Å². The first-order chi connectivity index (χ1) is 7.83. The van der Waals surface area contributed by atoms with Crippen molar-refractivity contribution in [2.45, 2.75) is 31.7 Å². The highest BCUT2D eigenvalue weighted by atomic mass is 79.9. The molecule has 88 valence electrons. The van der Waals surface area contributed by atoms with Crippen LogP contribution in [0.3, 0.4) is 0 Å². The number of alkyl halides is 1. The van der Waals surface area contributed by atoms with Crippen LogP contribution in [-0.4, -0.2) is 22.9 Å². The summed E-state index contributed by atoms with van der Waals surface area (Å²) < 4.78 is 13.7. The standard InChI is InChI=1S/C12H16BrFN2/c13-7-6-10-4-1-2-9-16(10)12-11(14)5-3-8-15-12/h3,5,8,10H,1-2,4,6-7,9H2. The number of aromatic nitrogens is 1. The molecule has 0 saturated carbocycles. The van der Waals surface area contributed by atoms with Gasteiger partial charge < -0.3 is 4.90 Å². The second-order valence-electron chi connectivity index (χ2n) is 4.13. The maximum atomic E-state index is 13.7. The molecule has 2 nitrogen and oxygen atoms in total. The number of piperidine rings is 1. The molecule has 0 aromatic carbocycles. The molecule has 16 heavy (non-hydrogen) atoms. The number of hydrogen-bond donors (Lipinski definition) is 0. The molecule has 2 rings (SSSR count). The Bertz CT molecular complexity index is 344. The lowest BCUT2D eigenvalue weighted by Gasteiger charge is -2.36. The number of pyridine rings is 1. The molecule has 1 aromatic heterocycles. The zero-order valence-corrected chi connectivity index (χ0v) is 10.8. The van der Waals surface area contributed by atoms with Gasteiger partial charge in [0, 0.05) is 24.1 Å². The van der Waals surface area contributed by atoms with Crippen molar-refractivity contribution in [1.29, 1.82) is 0 Å². The van der Waals surface area contributed by atoms with Crippen LogP contribution in [0.2, 0.25) is 0 Å². The molecule has 1 saturated heterocycles. The molecule has 1 unspecified atom stereocenters. The summed E-state index contributed by atoms with van der Waals surface area (Å²) in [5, 5.41) is 0.961. The van der Waals surface area contributed by atoms with Crippen LogP contribution < -0.4 is 4.90 Å². The Hall–Kier alpha value is -0.640. The van der Waals surface area contributed by atoms with Gasteiger partial charge in [-0.2, -0.15) is 0 Å². The lowest BCUT2D eigenvalue weighted by atomic mass is 10.00. The van der Waals surface area contributed by atoms with Gasteiger partial charge in [-0.25, -0.2) is 9.37 Å². The van der Waals surface area contributed by atoms with E-state index in [1.54, 1.807) is 12.3 Å². The predicted octanol–water partition coefficient (Wildman–Crippen LogP) is 3.36. The zero-order chi connectivity index (χ0) is 11.4. The fourth-order valence-corrected chi connectivity index (χ4v) is 2.82. The summed E-state index contributed by atoms with van der Waals surface area (Å²) >= 11 is 3.46. The minimum atomic E-state index is -0.205. The van der Waals surface area contributed by atoms with E-state index in [1.165, 1.54) is 12.5 Å². The first-order valence-electron chi connectivity index (χ1n) is 5.76. The number of anilines is 1. The average Bonchev–Trinajstić information content (AvgIpc) is 2.31. The first-order valence-corrected chi connectivity index (χ1v) is 6.88. The van der Waals surface area contributed by atoms with E-state index in [4.69, 9.17) is 0 Å². The Morgan fingerprint density at radius 2 is 2.38 bits per heavy atom. The van der Waals surface area contributed by atoms with Crippen molar-refractivity contribution in [2.24, 2.45) is 0 Å². The minimum Gasteiger partial charge on any atom is -0.351 e. The number of halogens is 2. The van der Waals surface area contributed by atoms with Crippen LogP contribution in [0.1, 0.15) is 25.7 Å². The van der Waals surface area contributed by atoms with Crippen LogP contribution in [0.4, 0.5) is 10.2 Å². The van der Waals surface area contributed by atoms with Crippen molar-refractivity contribution in [3.8, 4) is 0 Å². The first kappa shape index (κ1) is 11.8. The molecule has 0 radical (unpaired) electrons. The van der Waals surface area contributed by atoms with E-state index in [9.17, 15) is 4.39 Å². The highest BCUT2D eigenvalue weighted by Crippen LogP contribution is 2.27. The number of nitrogens with zero attached hydrogens (tertiary/aromatic N) is 2. The second-order valence-corrected chi connectivity index (χ2v) is 4.92. The molecular weight excluding hydrogens is 271 g/mol. The van der Waals surface area contributed by atoms with Gasteiger partial charge in [0.25, 0.3) is 0 Å². The Morgan fingerprint density at radius 3 is 3.12 bits per heavy atom. The van der Waals surface area contributed by atoms with Crippen molar-refractivity contribution in [2.75, 3.05) is 16.8 Å². The van der Waals surface area contributed by atoms with Gasteiger partial charge >= 0.3 is 0 Å². The molecule has 0 amide bonds. The number of rotatable bonds is 3. The fraction of sp³-hybridized carbons (Fsp3) is 0.583. The van der Waals surface area contributed by atoms with Gasteiger partial charge in [-0.1, -0.05) is 15.9 Å². The Labute approximate surface area is 104 Å². The predicted molar refractivity (Wildman–Crippen MR) is 67.6 cm³/mol. The topological polar surface area (TPSA) is 16.1 Å². The fourth-order valence-electron chi connectivity index (χ4n) is 2.29.